The lowest BCUT2D eigenvalue weighted by Crippen LogP contribution is -2.62. The number of halogens is 1. The maximum atomic E-state index is 12.3. The average molecular weight is 281 g/mol. The molecular formula is C13H13ClN2O3. The van der Waals surface area contributed by atoms with Crippen molar-refractivity contribution >= 4 is 23.5 Å². The van der Waals surface area contributed by atoms with E-state index in [1.54, 1.807) is 32.0 Å². The molecule has 2 atom stereocenters. The number of carbonyl (C=O) groups excluding carboxylic acids is 2. The Balaban J connectivity index is 2.27. The smallest absolute Gasteiger partial charge is 0.322 e. The van der Waals surface area contributed by atoms with Crippen LogP contribution in [-0.2, 0) is 10.3 Å². The van der Waals surface area contributed by atoms with Crippen molar-refractivity contribution in [1.29, 1.82) is 0 Å². The lowest BCUT2D eigenvalue weighted by Gasteiger charge is -2.46. The van der Waals surface area contributed by atoms with Gasteiger partial charge in [0.2, 0.25) is 0 Å². The molecular weight excluding hydrogens is 268 g/mol. The molecule has 3 rings (SSSR count). The van der Waals surface area contributed by atoms with Gasteiger partial charge in [0.1, 0.15) is 16.7 Å². The summed E-state index contributed by atoms with van der Waals surface area (Å²) >= 11 is 6.46. The van der Waals surface area contributed by atoms with Crippen molar-refractivity contribution < 1.29 is 14.3 Å². The number of fused-ring (bicyclic) bond motifs is 2. The predicted octanol–water partition coefficient (Wildman–Crippen LogP) is 1.50. The minimum absolute atomic E-state index is 0.443. The third kappa shape index (κ3) is 1.48. The number of nitrogens with one attached hydrogen (secondary N) is 2. The van der Waals surface area contributed by atoms with E-state index in [2.05, 4.69) is 10.6 Å². The molecule has 1 aromatic rings. The Kier molecular flexibility index (Phi) is 2.35. The average Bonchev–Trinajstić information content (AvgIpc) is 2.63. The van der Waals surface area contributed by atoms with Crippen molar-refractivity contribution in [2.45, 2.75) is 30.4 Å². The number of hydrogen-bond donors (Lipinski definition) is 2. The molecule has 19 heavy (non-hydrogen) atoms. The maximum Gasteiger partial charge on any atom is 0.322 e. The van der Waals surface area contributed by atoms with Gasteiger partial charge in [0.15, 0.2) is 5.54 Å². The molecule has 2 N–H and O–H groups in total. The van der Waals surface area contributed by atoms with Crippen LogP contribution in [0.4, 0.5) is 4.79 Å². The number of hydrogen-bond acceptors (Lipinski definition) is 3. The molecule has 2 heterocycles. The number of alkyl halides is 1. The molecule has 2 aliphatic rings. The highest BCUT2D eigenvalue weighted by Crippen LogP contribution is 2.47. The second-order valence-corrected chi connectivity index (χ2v) is 5.72. The standard InChI is InChI=1S/C13H13ClN2O3/c1-12(2)9(14)13(10(17)15-11(18)16-13)7-5-3-4-6-8(7)19-12/h3-6,9H,1-2H3,(H2,15,16,17,18). The van der Waals surface area contributed by atoms with Crippen LogP contribution in [-0.4, -0.2) is 22.9 Å². The highest BCUT2D eigenvalue weighted by Gasteiger charge is 2.61. The molecule has 3 amide bonds. The Morgan fingerprint density at radius 1 is 1.26 bits per heavy atom. The molecule has 0 bridgehead atoms. The zero-order valence-electron chi connectivity index (χ0n) is 10.5. The van der Waals surface area contributed by atoms with Crippen molar-refractivity contribution in [2.75, 3.05) is 0 Å². The Hall–Kier alpha value is -1.75. The van der Waals surface area contributed by atoms with Gasteiger partial charge in [-0.2, -0.15) is 0 Å². The number of amides is 3. The normalized spacial score (nSPS) is 31.4. The van der Waals surface area contributed by atoms with E-state index in [-0.39, 0.29) is 0 Å². The number of para-hydroxylation sites is 1. The van der Waals surface area contributed by atoms with Crippen LogP contribution in [0.2, 0.25) is 0 Å². The van der Waals surface area contributed by atoms with Crippen LogP contribution in [0.1, 0.15) is 19.4 Å². The first kappa shape index (κ1) is 12.3. The largest absolute Gasteiger partial charge is 0.486 e. The monoisotopic (exact) mass is 280 g/mol. The fourth-order valence-electron chi connectivity index (χ4n) is 2.71. The zero-order chi connectivity index (χ0) is 13.8. The molecule has 0 saturated carbocycles. The first-order chi connectivity index (χ1) is 8.88. The van der Waals surface area contributed by atoms with Gasteiger partial charge < -0.3 is 10.1 Å². The number of benzene rings is 1. The van der Waals surface area contributed by atoms with Crippen molar-refractivity contribution in [3.63, 3.8) is 0 Å². The van der Waals surface area contributed by atoms with Gasteiger partial charge in [-0.3, -0.25) is 10.1 Å². The van der Waals surface area contributed by atoms with Crippen molar-refractivity contribution in [2.24, 2.45) is 0 Å². The summed E-state index contributed by atoms with van der Waals surface area (Å²) < 4.78 is 5.84. The molecule has 5 nitrogen and oxygen atoms in total. The van der Waals surface area contributed by atoms with Gasteiger partial charge >= 0.3 is 6.03 Å². The van der Waals surface area contributed by atoms with Gasteiger partial charge in [0.25, 0.3) is 5.91 Å². The SMILES string of the molecule is CC1(C)Oc2ccccc2C2(NC(=O)NC2=O)C1Cl. The highest BCUT2D eigenvalue weighted by molar-refractivity contribution is 6.26. The molecule has 1 aromatic carbocycles. The van der Waals surface area contributed by atoms with Gasteiger partial charge in [0.05, 0.1) is 0 Å². The van der Waals surface area contributed by atoms with Crippen LogP contribution < -0.4 is 15.4 Å². The van der Waals surface area contributed by atoms with E-state index in [1.807, 2.05) is 6.07 Å². The molecule has 1 saturated heterocycles. The molecule has 1 fully saturated rings. The van der Waals surface area contributed by atoms with Gasteiger partial charge in [-0.15, -0.1) is 11.6 Å². The fourth-order valence-corrected chi connectivity index (χ4v) is 3.03. The number of rotatable bonds is 0. The Morgan fingerprint density at radius 3 is 2.58 bits per heavy atom. The lowest BCUT2D eigenvalue weighted by atomic mass is 9.77. The summed E-state index contributed by atoms with van der Waals surface area (Å²) in [7, 11) is 0. The molecule has 0 aromatic heterocycles. The highest BCUT2D eigenvalue weighted by atomic mass is 35.5. The minimum atomic E-state index is -1.28. The van der Waals surface area contributed by atoms with Crippen LogP contribution in [0, 0.1) is 0 Å². The molecule has 0 radical (unpaired) electrons. The van der Waals surface area contributed by atoms with E-state index < -0.39 is 28.5 Å². The summed E-state index contributed by atoms with van der Waals surface area (Å²) in [5, 5.41) is 4.21. The van der Waals surface area contributed by atoms with Crippen molar-refractivity contribution in [3.05, 3.63) is 29.8 Å². The summed E-state index contributed by atoms with van der Waals surface area (Å²) in [5.74, 6) is 0.114. The summed E-state index contributed by atoms with van der Waals surface area (Å²) in [4.78, 5) is 23.8. The molecule has 2 unspecified atom stereocenters. The quantitative estimate of drug-likeness (QED) is 0.559. The predicted molar refractivity (Wildman–Crippen MR) is 69.1 cm³/mol. The van der Waals surface area contributed by atoms with Gasteiger partial charge in [-0.1, -0.05) is 18.2 Å². The summed E-state index contributed by atoms with van der Waals surface area (Å²) in [6.45, 7) is 3.58. The first-order valence-electron chi connectivity index (χ1n) is 5.94. The summed E-state index contributed by atoms with van der Waals surface area (Å²) in [6, 6.07) is 6.56. The third-order valence-corrected chi connectivity index (χ3v) is 4.42. The van der Waals surface area contributed by atoms with Gasteiger partial charge in [0, 0.05) is 5.56 Å². The summed E-state index contributed by atoms with van der Waals surface area (Å²) in [5.41, 5.74) is -1.49. The molecule has 1 spiro atoms. The summed E-state index contributed by atoms with van der Waals surface area (Å²) in [6.07, 6.45) is 0. The van der Waals surface area contributed by atoms with Crippen molar-refractivity contribution in [1.82, 2.24) is 10.6 Å². The molecule has 2 aliphatic heterocycles. The van der Waals surface area contributed by atoms with E-state index >= 15 is 0 Å². The van der Waals surface area contributed by atoms with Gasteiger partial charge in [-0.25, -0.2) is 4.79 Å². The third-order valence-electron chi connectivity index (χ3n) is 3.57. The lowest BCUT2D eigenvalue weighted by molar-refractivity contribution is -0.127. The fraction of sp³-hybridized carbons (Fsp3) is 0.385. The Labute approximate surface area is 115 Å². The Bertz CT molecular complexity index is 587. The van der Waals surface area contributed by atoms with E-state index in [9.17, 15) is 9.59 Å². The molecule has 100 valence electrons. The zero-order valence-corrected chi connectivity index (χ0v) is 11.2. The Morgan fingerprint density at radius 2 is 1.95 bits per heavy atom. The number of urea groups is 1. The van der Waals surface area contributed by atoms with Crippen LogP contribution in [0.3, 0.4) is 0 Å². The minimum Gasteiger partial charge on any atom is -0.486 e. The number of imide groups is 1. The maximum absolute atomic E-state index is 12.3. The van der Waals surface area contributed by atoms with Crippen LogP contribution in [0.25, 0.3) is 0 Å². The van der Waals surface area contributed by atoms with E-state index in [0.717, 1.165) is 0 Å². The van der Waals surface area contributed by atoms with Crippen LogP contribution in [0.5, 0.6) is 5.75 Å². The second kappa shape index (κ2) is 3.63. The van der Waals surface area contributed by atoms with Crippen molar-refractivity contribution in [3.8, 4) is 5.75 Å². The van der Waals surface area contributed by atoms with E-state index in [4.69, 9.17) is 16.3 Å². The number of carbonyl (C=O) groups is 2. The van der Waals surface area contributed by atoms with E-state index in [1.165, 1.54) is 0 Å². The molecule has 6 heteroatoms. The second-order valence-electron chi connectivity index (χ2n) is 5.28. The topological polar surface area (TPSA) is 67.4 Å². The number of ether oxygens (including phenoxy) is 1. The van der Waals surface area contributed by atoms with Gasteiger partial charge in [-0.05, 0) is 19.9 Å². The molecule has 0 aliphatic carbocycles. The first-order valence-corrected chi connectivity index (χ1v) is 6.38. The van der Waals surface area contributed by atoms with E-state index in [0.29, 0.717) is 11.3 Å². The van der Waals surface area contributed by atoms with Crippen LogP contribution >= 0.6 is 11.6 Å². The van der Waals surface area contributed by atoms with Crippen LogP contribution in [0.15, 0.2) is 24.3 Å².